The Morgan fingerprint density at radius 2 is 1.80 bits per heavy atom. The van der Waals surface area contributed by atoms with Crippen molar-refractivity contribution in [3.8, 4) is 11.3 Å². The number of carbonyl (C=O) groups excluding carboxylic acids is 1. The first-order chi connectivity index (χ1) is 12.1. The zero-order chi connectivity index (χ0) is 17.6. The van der Waals surface area contributed by atoms with Gasteiger partial charge in [0.15, 0.2) is 5.16 Å². The van der Waals surface area contributed by atoms with Gasteiger partial charge in [0, 0.05) is 21.9 Å². The molecule has 0 radical (unpaired) electrons. The topological polar surface area (TPSA) is 54.9 Å². The summed E-state index contributed by atoms with van der Waals surface area (Å²) >= 11 is 4.74. The highest BCUT2D eigenvalue weighted by Gasteiger charge is 2.07. The number of nitrogens with one attached hydrogen (secondary N) is 1. The number of halogens is 1. The van der Waals surface area contributed by atoms with Gasteiger partial charge in [-0.05, 0) is 37.3 Å². The highest BCUT2D eigenvalue weighted by Crippen LogP contribution is 2.22. The molecule has 1 amide bonds. The molecular weight excluding hydrogens is 398 g/mol. The fraction of sp³-hybridized carbons (Fsp3) is 0.105. The predicted molar refractivity (Wildman–Crippen MR) is 106 cm³/mol. The highest BCUT2D eigenvalue weighted by atomic mass is 79.9. The molecule has 0 atom stereocenters. The molecule has 1 N–H and O–H groups in total. The molecule has 1 aromatic heterocycles. The predicted octanol–water partition coefficient (Wildman–Crippen LogP) is 4.95. The van der Waals surface area contributed by atoms with Crippen molar-refractivity contribution in [2.45, 2.75) is 12.1 Å². The number of thioether (sulfide) groups is 1. The van der Waals surface area contributed by atoms with E-state index < -0.39 is 0 Å². The third-order valence-corrected chi connectivity index (χ3v) is 4.83. The Balaban J connectivity index is 1.61. The van der Waals surface area contributed by atoms with Crippen LogP contribution in [0.2, 0.25) is 0 Å². The number of hydrogen-bond donors (Lipinski definition) is 1. The molecule has 1 heterocycles. The molecule has 0 aliphatic rings. The summed E-state index contributed by atoms with van der Waals surface area (Å²) in [6.07, 6.45) is 1.71. The average molecular weight is 414 g/mol. The van der Waals surface area contributed by atoms with Crippen molar-refractivity contribution < 1.29 is 4.79 Å². The molecule has 2 aromatic carbocycles. The van der Waals surface area contributed by atoms with E-state index in [0.29, 0.717) is 5.16 Å². The monoisotopic (exact) mass is 413 g/mol. The van der Waals surface area contributed by atoms with Crippen molar-refractivity contribution in [2.75, 3.05) is 11.1 Å². The lowest BCUT2D eigenvalue weighted by atomic mass is 10.1. The second-order valence-electron chi connectivity index (χ2n) is 5.43. The van der Waals surface area contributed by atoms with Crippen LogP contribution in [0.1, 0.15) is 5.56 Å². The van der Waals surface area contributed by atoms with Gasteiger partial charge in [-0.15, -0.1) is 0 Å². The molecule has 0 aliphatic heterocycles. The minimum absolute atomic E-state index is 0.0773. The number of hydrogen-bond acceptors (Lipinski definition) is 4. The third kappa shape index (κ3) is 5.14. The molecule has 3 aromatic rings. The summed E-state index contributed by atoms with van der Waals surface area (Å²) in [4.78, 5) is 20.8. The number of rotatable bonds is 5. The van der Waals surface area contributed by atoms with Crippen LogP contribution in [-0.2, 0) is 4.79 Å². The normalized spacial score (nSPS) is 10.5. The first-order valence-corrected chi connectivity index (χ1v) is 9.46. The van der Waals surface area contributed by atoms with Crippen LogP contribution in [0.4, 0.5) is 5.69 Å². The molecule has 0 fully saturated rings. The van der Waals surface area contributed by atoms with Crippen LogP contribution in [0.5, 0.6) is 0 Å². The van der Waals surface area contributed by atoms with Crippen LogP contribution in [0.3, 0.4) is 0 Å². The first kappa shape index (κ1) is 17.6. The molecule has 3 rings (SSSR count). The van der Waals surface area contributed by atoms with E-state index in [-0.39, 0.29) is 11.7 Å². The van der Waals surface area contributed by atoms with Gasteiger partial charge in [-0.2, -0.15) is 0 Å². The number of anilines is 1. The fourth-order valence-electron chi connectivity index (χ4n) is 2.16. The summed E-state index contributed by atoms with van der Waals surface area (Å²) in [5, 5.41) is 3.45. The van der Waals surface area contributed by atoms with Gasteiger partial charge in [-0.1, -0.05) is 57.5 Å². The quantitative estimate of drug-likeness (QED) is 0.475. The molecule has 0 bridgehead atoms. The van der Waals surface area contributed by atoms with Gasteiger partial charge in [0.2, 0.25) is 5.91 Å². The largest absolute Gasteiger partial charge is 0.325 e. The van der Waals surface area contributed by atoms with Crippen molar-refractivity contribution in [1.82, 2.24) is 9.97 Å². The minimum atomic E-state index is -0.0773. The smallest absolute Gasteiger partial charge is 0.234 e. The summed E-state index contributed by atoms with van der Waals surface area (Å²) in [5.74, 6) is 0.184. The van der Waals surface area contributed by atoms with Crippen molar-refractivity contribution in [2.24, 2.45) is 0 Å². The Hall–Kier alpha value is -2.18. The summed E-state index contributed by atoms with van der Waals surface area (Å²) in [5.41, 5.74) is 3.80. The Morgan fingerprint density at radius 1 is 1.08 bits per heavy atom. The summed E-state index contributed by atoms with van der Waals surface area (Å²) in [7, 11) is 0. The lowest BCUT2D eigenvalue weighted by molar-refractivity contribution is -0.113. The second kappa shape index (κ2) is 8.27. The molecule has 0 unspecified atom stereocenters. The van der Waals surface area contributed by atoms with Crippen LogP contribution in [-0.4, -0.2) is 21.6 Å². The molecule has 126 valence electrons. The average Bonchev–Trinajstić information content (AvgIpc) is 2.63. The zero-order valence-corrected chi connectivity index (χ0v) is 16.0. The minimum Gasteiger partial charge on any atom is -0.325 e. The van der Waals surface area contributed by atoms with E-state index in [4.69, 9.17) is 0 Å². The lowest BCUT2D eigenvalue weighted by Gasteiger charge is -2.06. The first-order valence-electron chi connectivity index (χ1n) is 7.68. The molecule has 6 heteroatoms. The number of nitrogens with zero attached hydrogens (tertiary/aromatic N) is 2. The Bertz CT molecular complexity index is 867. The van der Waals surface area contributed by atoms with Gasteiger partial charge >= 0.3 is 0 Å². The van der Waals surface area contributed by atoms with Gasteiger partial charge in [-0.25, -0.2) is 9.97 Å². The molecule has 0 spiro atoms. The van der Waals surface area contributed by atoms with E-state index >= 15 is 0 Å². The van der Waals surface area contributed by atoms with Crippen LogP contribution >= 0.6 is 27.7 Å². The van der Waals surface area contributed by atoms with Crippen molar-refractivity contribution in [1.29, 1.82) is 0 Å². The SMILES string of the molecule is Cc1ccc(NC(=O)CSc2nccc(-c3ccc(Br)cc3)n2)cc1. The van der Waals surface area contributed by atoms with Gasteiger partial charge < -0.3 is 5.32 Å². The Kier molecular flexibility index (Phi) is 5.83. The molecule has 0 saturated heterocycles. The fourth-order valence-corrected chi connectivity index (χ4v) is 3.05. The number of carbonyl (C=O) groups is 1. The summed E-state index contributed by atoms with van der Waals surface area (Å²) < 4.78 is 1.02. The van der Waals surface area contributed by atoms with Crippen molar-refractivity contribution >= 4 is 39.3 Å². The van der Waals surface area contributed by atoms with E-state index in [1.165, 1.54) is 11.8 Å². The van der Waals surface area contributed by atoms with Gasteiger partial charge in [-0.3, -0.25) is 4.79 Å². The highest BCUT2D eigenvalue weighted by molar-refractivity contribution is 9.10. The van der Waals surface area contributed by atoms with Crippen LogP contribution < -0.4 is 5.32 Å². The molecule has 0 saturated carbocycles. The number of amides is 1. The van der Waals surface area contributed by atoms with E-state index in [0.717, 1.165) is 27.0 Å². The maximum atomic E-state index is 12.1. The van der Waals surface area contributed by atoms with Crippen LogP contribution in [0.25, 0.3) is 11.3 Å². The Labute approximate surface area is 159 Å². The van der Waals surface area contributed by atoms with Crippen molar-refractivity contribution in [3.05, 3.63) is 70.8 Å². The second-order valence-corrected chi connectivity index (χ2v) is 7.29. The summed E-state index contributed by atoms with van der Waals surface area (Å²) in [6.45, 7) is 2.01. The molecular formula is C19H16BrN3OS. The van der Waals surface area contributed by atoms with Gasteiger partial charge in [0.25, 0.3) is 0 Å². The van der Waals surface area contributed by atoms with E-state index in [1.54, 1.807) is 6.20 Å². The lowest BCUT2D eigenvalue weighted by Crippen LogP contribution is -2.14. The van der Waals surface area contributed by atoms with E-state index in [9.17, 15) is 4.79 Å². The molecule has 4 nitrogen and oxygen atoms in total. The third-order valence-electron chi connectivity index (χ3n) is 3.44. The van der Waals surface area contributed by atoms with E-state index in [1.807, 2.05) is 61.5 Å². The standard InChI is InChI=1S/C19H16BrN3OS/c1-13-2-8-16(9-3-13)22-18(24)12-25-19-21-11-10-17(23-19)14-4-6-15(20)7-5-14/h2-11H,12H2,1H3,(H,22,24). The number of aryl methyl sites for hydroxylation is 1. The zero-order valence-electron chi connectivity index (χ0n) is 13.6. The molecule has 0 aliphatic carbocycles. The maximum Gasteiger partial charge on any atom is 0.234 e. The van der Waals surface area contributed by atoms with Gasteiger partial charge in [0.05, 0.1) is 11.4 Å². The summed E-state index contributed by atoms with van der Waals surface area (Å²) in [6, 6.07) is 17.5. The van der Waals surface area contributed by atoms with Gasteiger partial charge in [0.1, 0.15) is 0 Å². The number of aromatic nitrogens is 2. The number of benzene rings is 2. The van der Waals surface area contributed by atoms with Crippen LogP contribution in [0, 0.1) is 6.92 Å². The van der Waals surface area contributed by atoms with Crippen molar-refractivity contribution in [3.63, 3.8) is 0 Å². The Morgan fingerprint density at radius 3 is 2.52 bits per heavy atom. The molecule has 25 heavy (non-hydrogen) atoms. The maximum absolute atomic E-state index is 12.1. The van der Waals surface area contributed by atoms with E-state index in [2.05, 4.69) is 31.2 Å². The van der Waals surface area contributed by atoms with Crippen LogP contribution in [0.15, 0.2) is 70.4 Å².